The Hall–Kier alpha value is -1.40. The summed E-state index contributed by atoms with van der Waals surface area (Å²) in [6.45, 7) is 6.92. The monoisotopic (exact) mass is 510 g/mol. The van der Waals surface area contributed by atoms with Crippen molar-refractivity contribution in [2.45, 2.75) is 65.7 Å². The van der Waals surface area contributed by atoms with Crippen molar-refractivity contribution in [2.75, 3.05) is 30.4 Å². The van der Waals surface area contributed by atoms with E-state index in [-0.39, 0.29) is 49.1 Å². The van der Waals surface area contributed by atoms with Gasteiger partial charge in [-0.25, -0.2) is 4.79 Å². The highest BCUT2D eigenvalue weighted by Gasteiger charge is 2.33. The number of imide groups is 1. The number of nitrogens with one attached hydrogen (secondary N) is 1. The third-order valence-electron chi connectivity index (χ3n) is 3.72. The first kappa shape index (κ1) is 30.6. The molecular weight excluding hydrogens is 476 g/mol. The Labute approximate surface area is 202 Å². The van der Waals surface area contributed by atoms with Gasteiger partial charge in [-0.3, -0.25) is 24.0 Å². The van der Waals surface area contributed by atoms with Gasteiger partial charge in [0.25, 0.3) is 11.8 Å². The summed E-state index contributed by atoms with van der Waals surface area (Å²) >= 11 is 0.937. The normalized spacial score (nSPS) is 12.8. The van der Waals surface area contributed by atoms with Crippen LogP contribution in [0.5, 0.6) is 0 Å². The Morgan fingerprint density at radius 3 is 2.16 bits per heavy atom. The molecule has 1 rings (SSSR count). The topological polar surface area (TPSA) is 119 Å². The number of rotatable bonds is 14. The number of hydroxylamine groups is 2. The van der Waals surface area contributed by atoms with E-state index in [9.17, 15) is 24.0 Å². The van der Waals surface area contributed by atoms with Gasteiger partial charge in [0.1, 0.15) is 6.61 Å². The molecule has 1 fully saturated rings. The molecule has 9 nitrogen and oxygen atoms in total. The highest BCUT2D eigenvalue weighted by atomic mass is 33.1. The summed E-state index contributed by atoms with van der Waals surface area (Å²) in [4.78, 5) is 61.5. The van der Waals surface area contributed by atoms with Crippen molar-refractivity contribution < 1.29 is 33.5 Å². The van der Waals surface area contributed by atoms with Gasteiger partial charge in [-0.05, 0) is 6.42 Å². The number of carbonyl (C=O) groups is 5. The molecule has 0 radical (unpaired) electrons. The summed E-state index contributed by atoms with van der Waals surface area (Å²) < 4.78 is 4.69. The van der Waals surface area contributed by atoms with E-state index in [1.54, 1.807) is 0 Å². The maximum absolute atomic E-state index is 11.6. The minimum absolute atomic E-state index is 0.00263. The number of carbonyl (C=O) groups excluding carboxylic acids is 5. The number of unbranched alkanes of at least 4 members (excludes halogenated alkanes) is 2. The molecule has 0 aliphatic carbocycles. The van der Waals surface area contributed by atoms with Crippen molar-refractivity contribution >= 4 is 62.3 Å². The molecule has 0 aromatic carbocycles. The average Bonchev–Trinajstić information content (AvgIpc) is 3.09. The zero-order chi connectivity index (χ0) is 24.2. The first-order valence-electron chi connectivity index (χ1n) is 10.7. The first-order chi connectivity index (χ1) is 15.3. The first-order valence-corrected chi connectivity index (χ1v) is 14.2. The van der Waals surface area contributed by atoms with Crippen molar-refractivity contribution in [3.63, 3.8) is 0 Å². The smallest absolute Gasteiger partial charge is 0.432 e. The Kier molecular flexibility index (Phi) is 19.3. The molecule has 1 aliphatic rings. The van der Waals surface area contributed by atoms with Crippen molar-refractivity contribution in [2.24, 2.45) is 0 Å². The van der Waals surface area contributed by atoms with Gasteiger partial charge in [0, 0.05) is 49.5 Å². The molecule has 184 valence electrons. The lowest BCUT2D eigenvalue weighted by atomic mass is 10.2. The van der Waals surface area contributed by atoms with Gasteiger partial charge in [0.15, 0.2) is 5.12 Å². The van der Waals surface area contributed by atoms with Gasteiger partial charge in [0.05, 0.1) is 0 Å². The van der Waals surface area contributed by atoms with Crippen molar-refractivity contribution in [1.29, 1.82) is 0 Å². The Balaban J connectivity index is 0.00000140. The van der Waals surface area contributed by atoms with E-state index >= 15 is 0 Å². The standard InChI is InChI=1S/C16H24N2O7S.C4H10S2/c1-2-3-4-9-17-12(19)5-8-15(22)26-11-10-24-16(23)25-18-13(20)6-7-14(18)21;1-3-5-6-4-2/h2-11H2,1H3,(H,17,19);3-4H2,1-2H3. The molecule has 3 amide bonds. The van der Waals surface area contributed by atoms with Crippen molar-refractivity contribution in [3.8, 4) is 0 Å². The largest absolute Gasteiger partial charge is 0.533 e. The Morgan fingerprint density at radius 2 is 1.59 bits per heavy atom. The summed E-state index contributed by atoms with van der Waals surface area (Å²) in [5, 5.41) is 2.95. The second-order valence-corrected chi connectivity index (χ2v) is 10.6. The fourth-order valence-corrected chi connectivity index (χ4v) is 4.16. The number of hydrogen-bond acceptors (Lipinski definition) is 10. The van der Waals surface area contributed by atoms with Gasteiger partial charge >= 0.3 is 6.16 Å². The maximum Gasteiger partial charge on any atom is 0.533 e. The molecule has 32 heavy (non-hydrogen) atoms. The minimum atomic E-state index is -1.17. The fourth-order valence-electron chi connectivity index (χ4n) is 2.18. The highest BCUT2D eigenvalue weighted by molar-refractivity contribution is 8.76. The number of thioether (sulfide) groups is 1. The van der Waals surface area contributed by atoms with Gasteiger partial charge in [-0.2, -0.15) is 0 Å². The van der Waals surface area contributed by atoms with E-state index in [2.05, 4.69) is 30.9 Å². The van der Waals surface area contributed by atoms with Crippen LogP contribution in [-0.2, 0) is 28.8 Å². The molecule has 1 saturated heterocycles. The van der Waals surface area contributed by atoms with E-state index in [1.807, 2.05) is 21.6 Å². The maximum atomic E-state index is 11.6. The highest BCUT2D eigenvalue weighted by Crippen LogP contribution is 2.18. The van der Waals surface area contributed by atoms with Gasteiger partial charge < -0.3 is 10.1 Å². The van der Waals surface area contributed by atoms with Crippen LogP contribution in [0.15, 0.2) is 0 Å². The van der Waals surface area contributed by atoms with E-state index in [0.29, 0.717) is 11.6 Å². The Morgan fingerprint density at radius 1 is 0.969 bits per heavy atom. The number of nitrogens with zero attached hydrogens (tertiary/aromatic N) is 1. The molecule has 1 aliphatic heterocycles. The minimum Gasteiger partial charge on any atom is -0.432 e. The van der Waals surface area contributed by atoms with Crippen LogP contribution in [0, 0.1) is 0 Å². The van der Waals surface area contributed by atoms with Gasteiger partial charge in [0.2, 0.25) is 5.91 Å². The molecule has 0 aromatic heterocycles. The zero-order valence-corrected chi connectivity index (χ0v) is 21.5. The average molecular weight is 511 g/mol. The lowest BCUT2D eigenvalue weighted by Gasteiger charge is -2.12. The second kappa shape index (κ2) is 20.2. The second-order valence-electron chi connectivity index (χ2n) is 6.36. The summed E-state index contributed by atoms with van der Waals surface area (Å²) in [5.74, 6) is 1.31. The van der Waals surface area contributed by atoms with Crippen LogP contribution in [0.25, 0.3) is 0 Å². The van der Waals surface area contributed by atoms with Crippen LogP contribution in [0.2, 0.25) is 0 Å². The van der Waals surface area contributed by atoms with Crippen LogP contribution in [0.3, 0.4) is 0 Å². The van der Waals surface area contributed by atoms with Gasteiger partial charge in [-0.1, -0.05) is 72.0 Å². The van der Waals surface area contributed by atoms with E-state index in [0.717, 1.165) is 31.0 Å². The van der Waals surface area contributed by atoms with Crippen LogP contribution < -0.4 is 5.32 Å². The molecular formula is C20H34N2O7S3. The molecule has 0 bridgehead atoms. The van der Waals surface area contributed by atoms with Crippen molar-refractivity contribution in [1.82, 2.24) is 10.4 Å². The predicted molar refractivity (Wildman–Crippen MR) is 129 cm³/mol. The van der Waals surface area contributed by atoms with Crippen LogP contribution in [0.4, 0.5) is 4.79 Å². The quantitative estimate of drug-likeness (QED) is 0.159. The molecule has 0 atom stereocenters. The van der Waals surface area contributed by atoms with Crippen molar-refractivity contribution in [3.05, 3.63) is 0 Å². The SMILES string of the molecule is CCCCCNC(=O)CCC(=O)SCCOC(=O)ON1C(=O)CCC1=O.CCSSCC. The molecule has 0 aromatic rings. The number of amides is 3. The fraction of sp³-hybridized carbons (Fsp3) is 0.750. The molecule has 1 heterocycles. The third-order valence-corrected chi connectivity index (χ3v) is 7.16. The lowest BCUT2D eigenvalue weighted by Crippen LogP contribution is -2.32. The molecule has 0 unspecified atom stereocenters. The summed E-state index contributed by atoms with van der Waals surface area (Å²) in [7, 11) is 3.85. The summed E-state index contributed by atoms with van der Waals surface area (Å²) in [6, 6.07) is 0. The molecule has 0 spiro atoms. The zero-order valence-electron chi connectivity index (χ0n) is 19.0. The van der Waals surface area contributed by atoms with E-state index < -0.39 is 18.0 Å². The Bertz CT molecular complexity index is 586. The van der Waals surface area contributed by atoms with E-state index in [1.165, 1.54) is 11.5 Å². The van der Waals surface area contributed by atoms with Crippen LogP contribution in [-0.4, -0.2) is 64.5 Å². The van der Waals surface area contributed by atoms with Crippen LogP contribution in [0.1, 0.15) is 65.7 Å². The lowest BCUT2D eigenvalue weighted by molar-refractivity contribution is -0.176. The number of ether oxygens (including phenoxy) is 1. The third kappa shape index (κ3) is 16.3. The van der Waals surface area contributed by atoms with Gasteiger partial charge in [-0.15, -0.1) is 0 Å². The molecule has 1 N–H and O–H groups in total. The van der Waals surface area contributed by atoms with E-state index in [4.69, 9.17) is 4.74 Å². The number of hydrogen-bond donors (Lipinski definition) is 1. The molecule has 12 heteroatoms. The van der Waals surface area contributed by atoms with Crippen LogP contribution >= 0.6 is 33.3 Å². The predicted octanol–water partition coefficient (Wildman–Crippen LogP) is 3.96. The molecule has 0 saturated carbocycles. The summed E-state index contributed by atoms with van der Waals surface area (Å²) in [5.41, 5.74) is 0. The summed E-state index contributed by atoms with van der Waals surface area (Å²) in [6.07, 6.45) is 2.11.